The molecule has 0 N–H and O–H groups in total. The maximum absolute atomic E-state index is 11.2. The van der Waals surface area contributed by atoms with Crippen LogP contribution in [0.5, 0.6) is 5.75 Å². The number of para-hydroxylation sites is 1. The van der Waals surface area contributed by atoms with E-state index in [1.165, 1.54) is 6.92 Å². The van der Waals surface area contributed by atoms with Gasteiger partial charge in [-0.15, -0.1) is 3.63 Å². The van der Waals surface area contributed by atoms with E-state index in [1.807, 2.05) is 0 Å². The Morgan fingerprint density at radius 3 is 2.21 bits per heavy atom. The molecule has 0 amide bonds. The number of ether oxygens (including phenoxy) is 1. The Morgan fingerprint density at radius 1 is 1.00 bits per heavy atom. The van der Waals surface area contributed by atoms with Gasteiger partial charge in [0.15, 0.2) is 0 Å². The number of rotatable bonds is 2. The molecule has 1 fully saturated rings. The van der Waals surface area contributed by atoms with E-state index < -0.39 is 33.2 Å². The molecule has 2 unspecified atom stereocenters. The van der Waals surface area contributed by atoms with Crippen LogP contribution in [-0.2, 0) is 32.8 Å². The van der Waals surface area contributed by atoms with Crippen molar-refractivity contribution < 1.29 is 33.6 Å². The molecule has 0 radical (unpaired) electrons. The third-order valence-electron chi connectivity index (χ3n) is 2.03. The third-order valence-corrected chi connectivity index (χ3v) is 4.33. The summed E-state index contributed by atoms with van der Waals surface area (Å²) in [4.78, 5) is 0. The average molecular weight is 310 g/mol. The molecule has 1 aromatic rings. The quantitative estimate of drug-likeness (QED) is 0.769. The van der Waals surface area contributed by atoms with E-state index in [1.54, 1.807) is 30.3 Å². The van der Waals surface area contributed by atoms with Gasteiger partial charge in [-0.05, 0) is 19.1 Å². The summed E-state index contributed by atoms with van der Waals surface area (Å²) in [6, 6.07) is 8.12. The second-order valence-electron chi connectivity index (χ2n) is 3.58. The van der Waals surface area contributed by atoms with Crippen molar-refractivity contribution in [2.45, 2.75) is 19.3 Å². The molecule has 8 nitrogen and oxygen atoms in total. The van der Waals surface area contributed by atoms with Gasteiger partial charge in [-0.1, -0.05) is 18.2 Å². The molecule has 10 heteroatoms. The van der Waals surface area contributed by atoms with Gasteiger partial charge in [0.1, 0.15) is 11.9 Å². The highest BCUT2D eigenvalue weighted by molar-refractivity contribution is 7.95. The van der Waals surface area contributed by atoms with E-state index in [9.17, 15) is 16.8 Å². The molecule has 0 aromatic heterocycles. The van der Waals surface area contributed by atoms with Crippen LogP contribution < -0.4 is 4.74 Å². The van der Waals surface area contributed by atoms with Crippen LogP contribution in [0.2, 0.25) is 0 Å². The number of benzene rings is 1. The third kappa shape index (κ3) is 3.88. The predicted molar refractivity (Wildman–Crippen MR) is 61.4 cm³/mol. The molecule has 0 bridgehead atoms. The summed E-state index contributed by atoms with van der Waals surface area (Å²) < 4.78 is 62.6. The Balaban J connectivity index is 2.25. The van der Waals surface area contributed by atoms with Gasteiger partial charge in [0.05, 0.1) is 0 Å². The molecule has 1 heterocycles. The second-order valence-corrected chi connectivity index (χ2v) is 6.14. The first-order valence-electron chi connectivity index (χ1n) is 5.07. The second kappa shape index (κ2) is 5.06. The number of hydrogen-bond acceptors (Lipinski definition) is 8. The summed E-state index contributed by atoms with van der Waals surface area (Å²) in [7, 11) is -9.46. The molecule has 0 saturated carbocycles. The average Bonchev–Trinajstić information content (AvgIpc) is 2.33. The van der Waals surface area contributed by atoms with Crippen LogP contribution in [0.15, 0.2) is 30.3 Å². The van der Waals surface area contributed by atoms with Crippen LogP contribution in [0.3, 0.4) is 0 Å². The molecular weight excluding hydrogens is 300 g/mol. The van der Waals surface area contributed by atoms with Gasteiger partial charge in [-0.25, -0.2) is 8.37 Å². The predicted octanol–water partition coefficient (Wildman–Crippen LogP) is 0.333. The summed E-state index contributed by atoms with van der Waals surface area (Å²) in [6.45, 7) is 1.27. The van der Waals surface area contributed by atoms with Crippen molar-refractivity contribution in [2.75, 3.05) is 0 Å². The van der Waals surface area contributed by atoms with Gasteiger partial charge >= 0.3 is 20.8 Å². The molecule has 106 valence electrons. The molecule has 2 rings (SSSR count). The van der Waals surface area contributed by atoms with Gasteiger partial charge < -0.3 is 4.74 Å². The fourth-order valence-corrected chi connectivity index (χ4v) is 3.27. The van der Waals surface area contributed by atoms with Crippen LogP contribution in [-0.4, -0.2) is 29.2 Å². The Labute approximate surface area is 110 Å². The van der Waals surface area contributed by atoms with Crippen molar-refractivity contribution in [1.29, 1.82) is 0 Å². The van der Waals surface area contributed by atoms with Gasteiger partial charge in [0, 0.05) is 0 Å². The van der Waals surface area contributed by atoms with Crippen LogP contribution >= 0.6 is 0 Å². The van der Waals surface area contributed by atoms with E-state index >= 15 is 0 Å². The first-order chi connectivity index (χ1) is 8.77. The topological polar surface area (TPSA) is 105 Å². The number of hydrogen-bond donors (Lipinski definition) is 0. The largest absolute Gasteiger partial charge is 0.461 e. The van der Waals surface area contributed by atoms with Crippen LogP contribution in [0.4, 0.5) is 0 Å². The van der Waals surface area contributed by atoms with E-state index in [2.05, 4.69) is 12.0 Å². The van der Waals surface area contributed by atoms with Gasteiger partial charge in [0.2, 0.25) is 6.29 Å². The monoisotopic (exact) mass is 310 g/mol. The lowest BCUT2D eigenvalue weighted by molar-refractivity contribution is -0.0580. The van der Waals surface area contributed by atoms with Gasteiger partial charge in [-0.3, -0.25) is 0 Å². The Hall–Kier alpha value is -1.20. The maximum atomic E-state index is 11.2. The van der Waals surface area contributed by atoms with Crippen molar-refractivity contribution in [2.24, 2.45) is 0 Å². The zero-order valence-electron chi connectivity index (χ0n) is 9.62. The van der Waals surface area contributed by atoms with Crippen molar-refractivity contribution in [3.8, 4) is 5.75 Å². The molecule has 1 aromatic carbocycles. The Kier molecular flexibility index (Phi) is 3.78. The zero-order valence-corrected chi connectivity index (χ0v) is 11.3. The Bertz CT molecular complexity index is 636. The van der Waals surface area contributed by atoms with Crippen LogP contribution in [0.25, 0.3) is 0 Å². The molecule has 0 aliphatic carbocycles. The highest BCUT2D eigenvalue weighted by atomic mass is 32.3. The molecule has 1 aliphatic heterocycles. The highest BCUT2D eigenvalue weighted by Gasteiger charge is 2.40. The minimum atomic E-state index is -4.77. The first-order valence-corrected chi connectivity index (χ1v) is 7.73. The van der Waals surface area contributed by atoms with Crippen LogP contribution in [0, 0.1) is 0 Å². The van der Waals surface area contributed by atoms with Crippen molar-refractivity contribution >= 4 is 20.8 Å². The van der Waals surface area contributed by atoms with E-state index in [0.29, 0.717) is 0 Å². The summed E-state index contributed by atoms with van der Waals surface area (Å²) in [6.07, 6.45) is -2.69. The lowest BCUT2D eigenvalue weighted by atomic mass is 10.3. The fraction of sp³-hybridized carbons (Fsp3) is 0.333. The summed E-state index contributed by atoms with van der Waals surface area (Å²) in [5, 5.41) is 0. The van der Waals surface area contributed by atoms with Crippen molar-refractivity contribution in [1.82, 2.24) is 0 Å². The fourth-order valence-electron chi connectivity index (χ4n) is 1.31. The van der Waals surface area contributed by atoms with Gasteiger partial charge in [0.25, 0.3) is 0 Å². The standard InChI is InChI=1S/C9H10O8S2/c1-7-9(14-8-5-3-2-4-6-8)16-19(12,13)17-18(10,11)15-7/h2-7,9H,1H3. The highest BCUT2D eigenvalue weighted by Crippen LogP contribution is 2.22. The van der Waals surface area contributed by atoms with Crippen LogP contribution in [0.1, 0.15) is 6.92 Å². The summed E-state index contributed by atoms with van der Waals surface area (Å²) >= 11 is 0. The SMILES string of the molecule is CC1OS(=O)(=O)OS(=O)(=O)OC1Oc1ccccc1. The summed E-state index contributed by atoms with van der Waals surface area (Å²) in [5.41, 5.74) is 0. The molecule has 1 aliphatic rings. The smallest absolute Gasteiger partial charge is 0.419 e. The van der Waals surface area contributed by atoms with Crippen molar-refractivity contribution in [3.63, 3.8) is 0 Å². The minimum Gasteiger partial charge on any atom is -0.461 e. The lowest BCUT2D eigenvalue weighted by Gasteiger charge is -2.19. The molecular formula is C9H10O8S2. The van der Waals surface area contributed by atoms with E-state index in [4.69, 9.17) is 4.74 Å². The van der Waals surface area contributed by atoms with Crippen molar-refractivity contribution in [3.05, 3.63) is 30.3 Å². The van der Waals surface area contributed by atoms with Gasteiger partial charge in [-0.2, -0.15) is 16.8 Å². The minimum absolute atomic E-state index is 0.289. The normalized spacial score (nSPS) is 29.3. The van der Waals surface area contributed by atoms with E-state index in [0.717, 1.165) is 0 Å². The first kappa shape index (κ1) is 14.2. The lowest BCUT2D eigenvalue weighted by Crippen LogP contribution is -2.34. The van der Waals surface area contributed by atoms with E-state index in [-0.39, 0.29) is 5.75 Å². The zero-order chi connectivity index (χ0) is 14.1. The Morgan fingerprint density at radius 2 is 1.58 bits per heavy atom. The maximum Gasteiger partial charge on any atom is 0.419 e. The molecule has 0 spiro atoms. The summed E-state index contributed by atoms with van der Waals surface area (Å²) in [5.74, 6) is 0.289. The molecule has 2 atom stereocenters. The molecule has 1 saturated heterocycles. The molecule has 19 heavy (non-hydrogen) atoms.